The van der Waals surface area contributed by atoms with Crippen molar-refractivity contribution >= 4 is 27.3 Å². The van der Waals surface area contributed by atoms with Gasteiger partial charge in [0.2, 0.25) is 0 Å². The molecule has 2 N–H and O–H groups in total. The minimum Gasteiger partial charge on any atom is -0.481 e. The Bertz CT molecular complexity index is 1180. The maximum absolute atomic E-state index is 12.8. The van der Waals surface area contributed by atoms with E-state index in [-0.39, 0.29) is 10.8 Å². The van der Waals surface area contributed by atoms with E-state index in [4.69, 9.17) is 4.74 Å². The number of anilines is 2. The molecule has 0 aliphatic rings. The van der Waals surface area contributed by atoms with Crippen LogP contribution in [0, 0.1) is 13.8 Å². The summed E-state index contributed by atoms with van der Waals surface area (Å²) in [7, 11) is -3.76. The van der Waals surface area contributed by atoms with Gasteiger partial charge in [-0.25, -0.2) is 8.42 Å². The zero-order valence-electron chi connectivity index (χ0n) is 18.7. The minimum absolute atomic E-state index is 0.110. The van der Waals surface area contributed by atoms with Crippen molar-refractivity contribution in [1.82, 2.24) is 0 Å². The number of para-hydroxylation sites is 2. The number of nitrogens with one attached hydrogen (secondary N) is 2. The molecule has 168 valence electrons. The molecule has 3 aromatic rings. The van der Waals surface area contributed by atoms with Crippen molar-refractivity contribution in [2.45, 2.75) is 45.1 Å². The molecule has 3 aromatic carbocycles. The van der Waals surface area contributed by atoms with E-state index in [2.05, 4.69) is 10.0 Å². The number of amides is 1. The smallest absolute Gasteiger partial charge is 0.265 e. The van der Waals surface area contributed by atoms with Gasteiger partial charge in [0, 0.05) is 5.69 Å². The number of aryl methyl sites for hydroxylation is 3. The summed E-state index contributed by atoms with van der Waals surface area (Å²) in [6.07, 6.45) is 0.0908. The van der Waals surface area contributed by atoms with Crippen LogP contribution in [0.4, 0.5) is 11.4 Å². The second-order valence-corrected chi connectivity index (χ2v) is 9.29. The number of rotatable bonds is 8. The summed E-state index contributed by atoms with van der Waals surface area (Å²) in [5, 5.41) is 2.77. The molecule has 0 aliphatic heterocycles. The summed E-state index contributed by atoms with van der Waals surface area (Å²) in [5.41, 5.74) is 3.77. The van der Waals surface area contributed by atoms with E-state index >= 15 is 0 Å². The Morgan fingerprint density at radius 2 is 1.56 bits per heavy atom. The molecule has 1 atom stereocenters. The minimum atomic E-state index is -3.76. The van der Waals surface area contributed by atoms with Crippen LogP contribution in [-0.4, -0.2) is 20.4 Å². The first kappa shape index (κ1) is 23.3. The lowest BCUT2D eigenvalue weighted by Crippen LogP contribution is -2.30. The van der Waals surface area contributed by atoms with Crippen LogP contribution in [0.25, 0.3) is 0 Å². The summed E-state index contributed by atoms with van der Waals surface area (Å²) >= 11 is 0. The van der Waals surface area contributed by atoms with Crippen LogP contribution in [0.1, 0.15) is 30.5 Å². The molecule has 0 fully saturated rings. The average Bonchev–Trinajstić information content (AvgIpc) is 2.77. The monoisotopic (exact) mass is 452 g/mol. The maximum atomic E-state index is 12.8. The van der Waals surface area contributed by atoms with Gasteiger partial charge in [-0.05, 0) is 74.2 Å². The fourth-order valence-electron chi connectivity index (χ4n) is 3.28. The average molecular weight is 453 g/mol. The van der Waals surface area contributed by atoms with Crippen LogP contribution in [0.15, 0.2) is 71.6 Å². The van der Waals surface area contributed by atoms with Gasteiger partial charge in [0.25, 0.3) is 15.9 Å². The van der Waals surface area contributed by atoms with Crippen molar-refractivity contribution < 1.29 is 17.9 Å². The van der Waals surface area contributed by atoms with E-state index in [1.165, 1.54) is 12.1 Å². The van der Waals surface area contributed by atoms with Crippen molar-refractivity contribution in [3.8, 4) is 5.75 Å². The van der Waals surface area contributed by atoms with E-state index in [1.807, 2.05) is 63.2 Å². The first-order chi connectivity index (χ1) is 15.2. The van der Waals surface area contributed by atoms with Gasteiger partial charge in [-0.1, -0.05) is 43.3 Å². The SMILES string of the molecule is CCc1ccccc1OC(C)C(=O)Nc1ccc(S(=O)(=O)Nc2c(C)cccc2C)cc1. The second kappa shape index (κ2) is 9.87. The number of carbonyl (C=O) groups is 1. The van der Waals surface area contributed by atoms with Crippen LogP contribution >= 0.6 is 0 Å². The fraction of sp³-hybridized carbons (Fsp3) is 0.240. The van der Waals surface area contributed by atoms with Crippen molar-refractivity contribution in [3.63, 3.8) is 0 Å². The van der Waals surface area contributed by atoms with Crippen molar-refractivity contribution in [1.29, 1.82) is 0 Å². The van der Waals surface area contributed by atoms with E-state index in [9.17, 15) is 13.2 Å². The number of benzene rings is 3. The van der Waals surface area contributed by atoms with Gasteiger partial charge >= 0.3 is 0 Å². The zero-order valence-corrected chi connectivity index (χ0v) is 19.5. The zero-order chi connectivity index (χ0) is 23.3. The molecule has 1 unspecified atom stereocenters. The third kappa shape index (κ3) is 5.48. The van der Waals surface area contributed by atoms with E-state index in [0.29, 0.717) is 17.1 Å². The first-order valence-electron chi connectivity index (χ1n) is 10.5. The van der Waals surface area contributed by atoms with Crippen LogP contribution in [0.2, 0.25) is 0 Å². The van der Waals surface area contributed by atoms with Gasteiger partial charge in [-0.2, -0.15) is 0 Å². The predicted molar refractivity (Wildman–Crippen MR) is 128 cm³/mol. The number of sulfonamides is 1. The lowest BCUT2D eigenvalue weighted by atomic mass is 10.1. The maximum Gasteiger partial charge on any atom is 0.265 e. The van der Waals surface area contributed by atoms with E-state index in [1.54, 1.807) is 19.1 Å². The molecule has 32 heavy (non-hydrogen) atoms. The highest BCUT2D eigenvalue weighted by Gasteiger charge is 2.19. The topological polar surface area (TPSA) is 84.5 Å². The Morgan fingerprint density at radius 3 is 2.19 bits per heavy atom. The van der Waals surface area contributed by atoms with Crippen molar-refractivity contribution in [2.24, 2.45) is 0 Å². The van der Waals surface area contributed by atoms with Crippen LogP contribution < -0.4 is 14.8 Å². The number of ether oxygens (including phenoxy) is 1. The number of carbonyl (C=O) groups excluding carboxylic acids is 1. The van der Waals surface area contributed by atoms with Crippen LogP contribution in [0.3, 0.4) is 0 Å². The molecule has 7 heteroatoms. The molecular formula is C25H28N2O4S. The number of hydrogen-bond acceptors (Lipinski definition) is 4. The predicted octanol–water partition coefficient (Wildman–Crippen LogP) is 5.07. The van der Waals surface area contributed by atoms with Gasteiger partial charge in [-0.15, -0.1) is 0 Å². The molecule has 0 radical (unpaired) electrons. The number of hydrogen-bond donors (Lipinski definition) is 2. The Labute approximate surface area is 189 Å². The molecule has 0 spiro atoms. The highest BCUT2D eigenvalue weighted by Crippen LogP contribution is 2.24. The lowest BCUT2D eigenvalue weighted by Gasteiger charge is -2.17. The van der Waals surface area contributed by atoms with Crippen LogP contribution in [0.5, 0.6) is 5.75 Å². The van der Waals surface area contributed by atoms with Crippen molar-refractivity contribution in [3.05, 3.63) is 83.4 Å². The summed E-state index contributed by atoms with van der Waals surface area (Å²) < 4.78 is 34.1. The second-order valence-electron chi connectivity index (χ2n) is 7.61. The van der Waals surface area contributed by atoms with E-state index < -0.39 is 16.1 Å². The highest BCUT2D eigenvalue weighted by atomic mass is 32.2. The van der Waals surface area contributed by atoms with Gasteiger partial charge in [0.15, 0.2) is 6.10 Å². The Kier molecular flexibility index (Phi) is 7.20. The molecule has 0 aromatic heterocycles. The standard InChI is InChI=1S/C25H28N2O4S/c1-5-20-11-6-7-12-23(20)31-19(4)25(28)26-21-13-15-22(16-14-21)32(29,30)27-24-17(2)9-8-10-18(24)3/h6-16,19,27H,5H2,1-4H3,(H,26,28). The van der Waals surface area contributed by atoms with Gasteiger partial charge < -0.3 is 10.1 Å². The van der Waals surface area contributed by atoms with Gasteiger partial charge in [-0.3, -0.25) is 9.52 Å². The molecule has 0 saturated carbocycles. The molecule has 1 amide bonds. The molecule has 3 rings (SSSR count). The van der Waals surface area contributed by atoms with Crippen molar-refractivity contribution in [2.75, 3.05) is 10.0 Å². The molecule has 0 bridgehead atoms. The Morgan fingerprint density at radius 1 is 0.938 bits per heavy atom. The summed E-state index contributed by atoms with van der Waals surface area (Å²) in [5.74, 6) is 0.358. The first-order valence-corrected chi connectivity index (χ1v) is 11.9. The quantitative estimate of drug-likeness (QED) is 0.500. The molecule has 0 aliphatic carbocycles. The normalized spacial score (nSPS) is 12.1. The Balaban J connectivity index is 1.68. The molecule has 0 saturated heterocycles. The molecule has 0 heterocycles. The Hall–Kier alpha value is -3.32. The largest absolute Gasteiger partial charge is 0.481 e. The van der Waals surface area contributed by atoms with Gasteiger partial charge in [0.05, 0.1) is 10.6 Å². The fourth-order valence-corrected chi connectivity index (χ4v) is 4.49. The summed E-state index contributed by atoms with van der Waals surface area (Å²) in [4.78, 5) is 12.7. The lowest BCUT2D eigenvalue weighted by molar-refractivity contribution is -0.122. The molecular weight excluding hydrogens is 424 g/mol. The highest BCUT2D eigenvalue weighted by molar-refractivity contribution is 7.92. The summed E-state index contributed by atoms with van der Waals surface area (Å²) in [6.45, 7) is 7.41. The summed E-state index contributed by atoms with van der Waals surface area (Å²) in [6, 6.07) is 19.2. The third-order valence-electron chi connectivity index (χ3n) is 5.18. The van der Waals surface area contributed by atoms with E-state index in [0.717, 1.165) is 23.1 Å². The van der Waals surface area contributed by atoms with Crippen LogP contribution in [-0.2, 0) is 21.2 Å². The van der Waals surface area contributed by atoms with Gasteiger partial charge in [0.1, 0.15) is 5.75 Å². The third-order valence-corrected chi connectivity index (χ3v) is 6.54. The molecule has 6 nitrogen and oxygen atoms in total.